The van der Waals surface area contributed by atoms with Crippen molar-refractivity contribution in [1.82, 2.24) is 0 Å². The molecule has 0 atom stereocenters. The highest BCUT2D eigenvalue weighted by Crippen LogP contribution is 2.36. The summed E-state index contributed by atoms with van der Waals surface area (Å²) < 4.78 is 45.3. The lowest BCUT2D eigenvalue weighted by Crippen LogP contribution is -2.47. The van der Waals surface area contributed by atoms with E-state index in [0.717, 1.165) is 14.2 Å². The number of hydrogen-bond acceptors (Lipinski definition) is 2. The van der Waals surface area contributed by atoms with Crippen LogP contribution in [-0.4, -0.2) is 38.5 Å². The third-order valence-electron chi connectivity index (χ3n) is 1.25. The molecule has 0 rings (SSSR count). The van der Waals surface area contributed by atoms with E-state index >= 15 is 0 Å². The molecule has 0 heterocycles. The smallest absolute Gasteiger partial charge is 0.382 e. The second kappa shape index (κ2) is 4.30. The summed E-state index contributed by atoms with van der Waals surface area (Å²) in [6.45, 7) is -1.24. The third-order valence-corrected chi connectivity index (χ3v) is 1.69. The van der Waals surface area contributed by atoms with Crippen LogP contribution in [-0.2, 0) is 9.47 Å². The lowest BCUT2D eigenvalue weighted by atomic mass is 10.1. The van der Waals surface area contributed by atoms with Crippen molar-refractivity contribution >= 4 is 11.6 Å². The standard InChI is InChI=1S/C6H10ClF3O2/c1-11-3-5(7,4-12-2)6(8,9)10/h3-4H2,1-2H3. The van der Waals surface area contributed by atoms with Gasteiger partial charge >= 0.3 is 6.18 Å². The van der Waals surface area contributed by atoms with Gasteiger partial charge in [0, 0.05) is 14.2 Å². The van der Waals surface area contributed by atoms with Gasteiger partial charge in [-0.3, -0.25) is 0 Å². The minimum absolute atomic E-state index is 0.619. The molecular formula is C6H10ClF3O2. The Morgan fingerprint density at radius 1 is 1.08 bits per heavy atom. The van der Waals surface area contributed by atoms with Gasteiger partial charge in [0.1, 0.15) is 0 Å². The highest BCUT2D eigenvalue weighted by Gasteiger charge is 2.54. The first kappa shape index (κ1) is 12.0. The average molecular weight is 207 g/mol. The third kappa shape index (κ3) is 2.80. The van der Waals surface area contributed by atoms with E-state index < -0.39 is 24.3 Å². The van der Waals surface area contributed by atoms with Gasteiger partial charge in [-0.1, -0.05) is 0 Å². The monoisotopic (exact) mass is 206 g/mol. The van der Waals surface area contributed by atoms with Crippen LogP contribution in [0.3, 0.4) is 0 Å². The Hall–Kier alpha value is -0.0000000000000000555. The minimum Gasteiger partial charge on any atom is -0.382 e. The van der Waals surface area contributed by atoms with E-state index in [9.17, 15) is 13.2 Å². The van der Waals surface area contributed by atoms with Crippen molar-refractivity contribution in [3.05, 3.63) is 0 Å². The summed E-state index contributed by atoms with van der Waals surface area (Å²) in [6, 6.07) is 0. The van der Waals surface area contributed by atoms with Crippen LogP contribution in [0.25, 0.3) is 0 Å². The Bertz CT molecular complexity index is 131. The fourth-order valence-electron chi connectivity index (χ4n) is 0.663. The van der Waals surface area contributed by atoms with Crippen LogP contribution in [0.4, 0.5) is 13.2 Å². The van der Waals surface area contributed by atoms with Crippen molar-refractivity contribution in [2.45, 2.75) is 11.1 Å². The normalized spacial score (nSPS) is 13.5. The van der Waals surface area contributed by atoms with Gasteiger partial charge in [-0.05, 0) is 0 Å². The van der Waals surface area contributed by atoms with E-state index in [0.29, 0.717) is 0 Å². The first-order valence-corrected chi connectivity index (χ1v) is 3.48. The minimum atomic E-state index is -4.53. The molecule has 0 saturated heterocycles. The molecule has 0 unspecified atom stereocenters. The van der Waals surface area contributed by atoms with Crippen LogP contribution in [0.15, 0.2) is 0 Å². The molecule has 12 heavy (non-hydrogen) atoms. The Kier molecular flexibility index (Phi) is 4.30. The van der Waals surface area contributed by atoms with Gasteiger partial charge in [0.2, 0.25) is 0 Å². The molecule has 0 radical (unpaired) electrons. The maximum absolute atomic E-state index is 12.2. The van der Waals surface area contributed by atoms with Crippen LogP contribution in [0.1, 0.15) is 0 Å². The van der Waals surface area contributed by atoms with E-state index in [-0.39, 0.29) is 0 Å². The van der Waals surface area contributed by atoms with Crippen LogP contribution in [0.5, 0.6) is 0 Å². The number of ether oxygens (including phenoxy) is 2. The average Bonchev–Trinajstić information content (AvgIpc) is 1.86. The molecule has 0 N–H and O–H groups in total. The summed E-state index contributed by atoms with van der Waals surface area (Å²) in [5, 5.41) is 0. The van der Waals surface area contributed by atoms with Gasteiger partial charge in [0.05, 0.1) is 13.2 Å². The Balaban J connectivity index is 4.38. The SMILES string of the molecule is COCC(Cl)(COC)C(F)(F)F. The number of methoxy groups -OCH3 is 2. The maximum Gasteiger partial charge on any atom is 0.412 e. The predicted octanol–water partition coefficient (Wildman–Crippen LogP) is 1.82. The first-order valence-electron chi connectivity index (χ1n) is 3.11. The van der Waals surface area contributed by atoms with E-state index in [1.807, 2.05) is 0 Å². The quantitative estimate of drug-likeness (QED) is 0.654. The molecule has 0 aromatic rings. The number of halogens is 4. The molecule has 6 heteroatoms. The van der Waals surface area contributed by atoms with Crippen molar-refractivity contribution in [2.24, 2.45) is 0 Å². The molecule has 0 aromatic carbocycles. The second-order valence-corrected chi connectivity index (χ2v) is 3.05. The van der Waals surface area contributed by atoms with Gasteiger partial charge in [0.25, 0.3) is 0 Å². The highest BCUT2D eigenvalue weighted by atomic mass is 35.5. The van der Waals surface area contributed by atoms with Crippen LogP contribution in [0, 0.1) is 0 Å². The fourth-order valence-corrected chi connectivity index (χ4v) is 0.881. The van der Waals surface area contributed by atoms with Gasteiger partial charge in [0.15, 0.2) is 4.87 Å². The second-order valence-electron chi connectivity index (χ2n) is 2.33. The molecule has 0 amide bonds. The number of hydrogen-bond donors (Lipinski definition) is 0. The topological polar surface area (TPSA) is 18.5 Å². The molecule has 0 aliphatic carbocycles. The summed E-state index contributed by atoms with van der Waals surface area (Å²) in [5.41, 5.74) is 0. The Morgan fingerprint density at radius 2 is 1.42 bits per heavy atom. The fraction of sp³-hybridized carbons (Fsp3) is 1.00. The maximum atomic E-state index is 12.2. The first-order chi connectivity index (χ1) is 5.37. The molecule has 0 bridgehead atoms. The van der Waals surface area contributed by atoms with Crippen LogP contribution in [0.2, 0.25) is 0 Å². The van der Waals surface area contributed by atoms with E-state index in [4.69, 9.17) is 11.6 Å². The lowest BCUT2D eigenvalue weighted by molar-refractivity contribution is -0.183. The molecule has 0 spiro atoms. The molecule has 0 saturated carbocycles. The number of rotatable bonds is 4. The summed E-state index contributed by atoms with van der Waals surface area (Å²) in [6.07, 6.45) is -4.53. The van der Waals surface area contributed by atoms with Gasteiger partial charge in [-0.25, -0.2) is 0 Å². The zero-order chi connectivity index (χ0) is 9.83. The van der Waals surface area contributed by atoms with E-state index in [1.54, 1.807) is 0 Å². The van der Waals surface area contributed by atoms with Crippen molar-refractivity contribution in [2.75, 3.05) is 27.4 Å². The summed E-state index contributed by atoms with van der Waals surface area (Å²) in [7, 11) is 2.30. The largest absolute Gasteiger partial charge is 0.412 e. The van der Waals surface area contributed by atoms with E-state index in [2.05, 4.69) is 9.47 Å². The highest BCUT2D eigenvalue weighted by molar-refractivity contribution is 6.24. The van der Waals surface area contributed by atoms with Crippen LogP contribution < -0.4 is 0 Å². The Labute approximate surface area is 73.6 Å². The van der Waals surface area contributed by atoms with Crippen molar-refractivity contribution in [1.29, 1.82) is 0 Å². The molecule has 0 fully saturated rings. The van der Waals surface area contributed by atoms with E-state index in [1.165, 1.54) is 0 Å². The molecular weight excluding hydrogens is 197 g/mol. The van der Waals surface area contributed by atoms with Crippen molar-refractivity contribution < 1.29 is 22.6 Å². The van der Waals surface area contributed by atoms with Gasteiger partial charge in [-0.2, -0.15) is 13.2 Å². The van der Waals surface area contributed by atoms with Crippen molar-refractivity contribution in [3.63, 3.8) is 0 Å². The molecule has 0 aliphatic rings. The number of alkyl halides is 4. The summed E-state index contributed by atoms with van der Waals surface area (Å²) >= 11 is 5.24. The summed E-state index contributed by atoms with van der Waals surface area (Å²) in [4.78, 5) is -2.43. The van der Waals surface area contributed by atoms with Gasteiger partial charge < -0.3 is 9.47 Å². The summed E-state index contributed by atoms with van der Waals surface area (Å²) in [5.74, 6) is 0. The molecule has 2 nitrogen and oxygen atoms in total. The predicted molar refractivity (Wildman–Crippen MR) is 38.4 cm³/mol. The van der Waals surface area contributed by atoms with Crippen molar-refractivity contribution in [3.8, 4) is 0 Å². The molecule has 0 aromatic heterocycles. The zero-order valence-corrected chi connectivity index (χ0v) is 7.50. The van der Waals surface area contributed by atoms with Crippen LogP contribution >= 0.6 is 11.6 Å². The molecule has 74 valence electrons. The van der Waals surface area contributed by atoms with Gasteiger partial charge in [-0.15, -0.1) is 11.6 Å². The molecule has 0 aliphatic heterocycles. The lowest BCUT2D eigenvalue weighted by Gasteiger charge is -2.27. The Morgan fingerprint density at radius 3 is 1.58 bits per heavy atom. The zero-order valence-electron chi connectivity index (χ0n) is 6.74.